The molecule has 2 N–H and O–H groups in total. The molecule has 1 aliphatic rings. The summed E-state index contributed by atoms with van der Waals surface area (Å²) < 4.78 is 1.65. The van der Waals surface area contributed by atoms with Crippen molar-refractivity contribution in [1.29, 1.82) is 0 Å². The molecular formula is C17H18N6O2. The number of para-hydroxylation sites is 1. The highest BCUT2D eigenvalue weighted by Crippen LogP contribution is 2.17. The molecular weight excluding hydrogens is 320 g/mol. The minimum Gasteiger partial charge on any atom is -0.351 e. The predicted octanol–water partition coefficient (Wildman–Crippen LogP) is 1.14. The van der Waals surface area contributed by atoms with Gasteiger partial charge in [-0.05, 0) is 18.6 Å². The molecule has 0 spiro atoms. The van der Waals surface area contributed by atoms with E-state index < -0.39 is 0 Å². The first-order chi connectivity index (χ1) is 12.1. The fraction of sp³-hybridized carbons (Fsp3) is 0.294. The monoisotopic (exact) mass is 338 g/mol. The second-order valence-electron chi connectivity index (χ2n) is 6.20. The average molecular weight is 338 g/mol. The van der Waals surface area contributed by atoms with Crippen molar-refractivity contribution in [2.45, 2.75) is 18.9 Å². The van der Waals surface area contributed by atoms with E-state index in [0.717, 1.165) is 5.69 Å². The first-order valence-electron chi connectivity index (χ1n) is 8.16. The van der Waals surface area contributed by atoms with E-state index in [1.807, 2.05) is 30.3 Å². The van der Waals surface area contributed by atoms with Crippen LogP contribution in [-0.2, 0) is 4.79 Å². The van der Waals surface area contributed by atoms with Crippen LogP contribution >= 0.6 is 0 Å². The molecule has 1 amide bonds. The summed E-state index contributed by atoms with van der Waals surface area (Å²) >= 11 is 0. The van der Waals surface area contributed by atoms with Crippen molar-refractivity contribution in [2.24, 2.45) is 0 Å². The number of benzene rings is 1. The van der Waals surface area contributed by atoms with Gasteiger partial charge in [0.25, 0.3) is 5.56 Å². The molecule has 1 saturated heterocycles. The number of aromatic amines is 1. The van der Waals surface area contributed by atoms with Gasteiger partial charge in [-0.1, -0.05) is 18.2 Å². The molecule has 1 aliphatic heterocycles. The Kier molecular flexibility index (Phi) is 3.72. The SMILES string of the molecule is CN1CC(Nc2nc3c(cnn3-c3ccccc3)c(=O)[nH]2)CCC1=O. The van der Waals surface area contributed by atoms with Crippen LogP contribution in [-0.4, -0.2) is 50.2 Å². The standard InChI is InChI=1S/C17H18N6O2/c1-22-10-11(7-8-14(22)24)19-17-20-15-13(16(25)21-17)9-18-23(15)12-5-3-2-4-6-12/h2-6,9,11H,7-8,10H2,1H3,(H2,19,20,21,25). The van der Waals surface area contributed by atoms with Gasteiger partial charge in [0.2, 0.25) is 11.9 Å². The molecule has 25 heavy (non-hydrogen) atoms. The largest absolute Gasteiger partial charge is 0.351 e. The van der Waals surface area contributed by atoms with Crippen LogP contribution in [0.3, 0.4) is 0 Å². The third kappa shape index (κ3) is 2.86. The van der Waals surface area contributed by atoms with Crippen molar-refractivity contribution < 1.29 is 4.79 Å². The molecule has 1 fully saturated rings. The third-order valence-corrected chi connectivity index (χ3v) is 4.41. The highest BCUT2D eigenvalue weighted by atomic mass is 16.2. The fourth-order valence-corrected chi connectivity index (χ4v) is 3.07. The van der Waals surface area contributed by atoms with E-state index >= 15 is 0 Å². The highest BCUT2D eigenvalue weighted by Gasteiger charge is 2.23. The summed E-state index contributed by atoms with van der Waals surface area (Å²) in [7, 11) is 1.78. The van der Waals surface area contributed by atoms with Gasteiger partial charge in [-0.25, -0.2) is 4.68 Å². The first-order valence-corrected chi connectivity index (χ1v) is 8.16. The van der Waals surface area contributed by atoms with Crippen molar-refractivity contribution in [3.05, 3.63) is 46.9 Å². The van der Waals surface area contributed by atoms with Gasteiger partial charge in [0.05, 0.1) is 11.9 Å². The number of amides is 1. The average Bonchev–Trinajstić information content (AvgIpc) is 3.03. The van der Waals surface area contributed by atoms with Crippen LogP contribution in [0.15, 0.2) is 41.3 Å². The van der Waals surface area contributed by atoms with Crippen molar-refractivity contribution in [2.75, 3.05) is 18.9 Å². The predicted molar refractivity (Wildman–Crippen MR) is 93.8 cm³/mol. The second-order valence-corrected chi connectivity index (χ2v) is 6.20. The molecule has 1 aromatic carbocycles. The minimum absolute atomic E-state index is 0.0522. The number of nitrogens with one attached hydrogen (secondary N) is 2. The molecule has 0 bridgehead atoms. The summed E-state index contributed by atoms with van der Waals surface area (Å²) in [6.45, 7) is 0.582. The van der Waals surface area contributed by atoms with E-state index in [1.165, 1.54) is 6.20 Å². The Bertz CT molecular complexity index is 978. The second kappa shape index (κ2) is 6.04. The molecule has 0 radical (unpaired) electrons. The number of carbonyl (C=O) groups is 1. The maximum absolute atomic E-state index is 12.3. The normalized spacial score (nSPS) is 17.9. The maximum atomic E-state index is 12.3. The number of likely N-dealkylation sites (N-methyl/N-ethyl adjacent to an activating group) is 1. The molecule has 3 aromatic rings. The lowest BCUT2D eigenvalue weighted by Crippen LogP contribution is -2.43. The van der Waals surface area contributed by atoms with Crippen LogP contribution in [0.2, 0.25) is 0 Å². The van der Waals surface area contributed by atoms with E-state index in [0.29, 0.717) is 36.4 Å². The molecule has 1 unspecified atom stereocenters. The fourth-order valence-electron chi connectivity index (χ4n) is 3.07. The number of likely N-dealkylation sites (tertiary alicyclic amines) is 1. The van der Waals surface area contributed by atoms with Crippen molar-refractivity contribution in [1.82, 2.24) is 24.6 Å². The maximum Gasteiger partial charge on any atom is 0.263 e. The quantitative estimate of drug-likeness (QED) is 0.747. The topological polar surface area (TPSA) is 95.9 Å². The van der Waals surface area contributed by atoms with E-state index in [4.69, 9.17) is 0 Å². The zero-order valence-electron chi connectivity index (χ0n) is 13.8. The molecule has 1 atom stereocenters. The van der Waals surface area contributed by atoms with Crippen molar-refractivity contribution in [3.63, 3.8) is 0 Å². The number of rotatable bonds is 3. The number of H-pyrrole nitrogens is 1. The van der Waals surface area contributed by atoms with Crippen LogP contribution in [0.5, 0.6) is 0 Å². The Morgan fingerprint density at radius 3 is 2.80 bits per heavy atom. The molecule has 4 rings (SSSR count). The lowest BCUT2D eigenvalue weighted by Gasteiger charge is -2.30. The number of carbonyl (C=O) groups excluding carboxylic acids is 1. The number of hydrogen-bond donors (Lipinski definition) is 2. The summed E-state index contributed by atoms with van der Waals surface area (Å²) in [6, 6.07) is 9.60. The van der Waals surface area contributed by atoms with Crippen LogP contribution in [0.1, 0.15) is 12.8 Å². The number of aromatic nitrogens is 4. The van der Waals surface area contributed by atoms with Crippen LogP contribution in [0, 0.1) is 0 Å². The van der Waals surface area contributed by atoms with Gasteiger partial charge in [-0.3, -0.25) is 14.6 Å². The van der Waals surface area contributed by atoms with Gasteiger partial charge < -0.3 is 10.2 Å². The van der Waals surface area contributed by atoms with E-state index in [9.17, 15) is 9.59 Å². The summed E-state index contributed by atoms with van der Waals surface area (Å²) in [5.41, 5.74) is 1.09. The van der Waals surface area contributed by atoms with Crippen LogP contribution in [0.4, 0.5) is 5.95 Å². The Morgan fingerprint density at radius 1 is 1.24 bits per heavy atom. The highest BCUT2D eigenvalue weighted by molar-refractivity contribution is 5.77. The van der Waals surface area contributed by atoms with Crippen molar-refractivity contribution in [3.8, 4) is 5.69 Å². The summed E-state index contributed by atoms with van der Waals surface area (Å²) in [6.07, 6.45) is 2.72. The lowest BCUT2D eigenvalue weighted by molar-refractivity contribution is -0.132. The minimum atomic E-state index is -0.241. The van der Waals surface area contributed by atoms with E-state index in [-0.39, 0.29) is 17.5 Å². The van der Waals surface area contributed by atoms with Gasteiger partial charge in [-0.2, -0.15) is 10.1 Å². The molecule has 8 nitrogen and oxygen atoms in total. The van der Waals surface area contributed by atoms with Gasteiger partial charge in [0.1, 0.15) is 5.39 Å². The van der Waals surface area contributed by atoms with Crippen molar-refractivity contribution >= 4 is 22.9 Å². The van der Waals surface area contributed by atoms with Crippen LogP contribution in [0.25, 0.3) is 16.7 Å². The van der Waals surface area contributed by atoms with Gasteiger partial charge >= 0.3 is 0 Å². The zero-order chi connectivity index (χ0) is 17.4. The molecule has 0 aliphatic carbocycles. The Balaban J connectivity index is 1.69. The number of anilines is 1. The number of fused-ring (bicyclic) bond motifs is 1. The van der Waals surface area contributed by atoms with Gasteiger partial charge in [0, 0.05) is 26.1 Å². The number of hydrogen-bond acceptors (Lipinski definition) is 5. The van der Waals surface area contributed by atoms with Gasteiger partial charge in [-0.15, -0.1) is 0 Å². The molecule has 0 saturated carbocycles. The first kappa shape index (κ1) is 15.4. The Hall–Kier alpha value is -3.16. The summed E-state index contributed by atoms with van der Waals surface area (Å²) in [5, 5.41) is 7.96. The lowest BCUT2D eigenvalue weighted by atomic mass is 10.1. The van der Waals surface area contributed by atoms with Gasteiger partial charge in [0.15, 0.2) is 5.65 Å². The molecule has 2 aromatic heterocycles. The van der Waals surface area contributed by atoms with E-state index in [1.54, 1.807) is 16.6 Å². The Labute approximate surface area is 143 Å². The third-order valence-electron chi connectivity index (χ3n) is 4.41. The molecule has 128 valence electrons. The summed E-state index contributed by atoms with van der Waals surface area (Å²) in [5.74, 6) is 0.528. The summed E-state index contributed by atoms with van der Waals surface area (Å²) in [4.78, 5) is 32.9. The van der Waals surface area contributed by atoms with E-state index in [2.05, 4.69) is 20.4 Å². The number of nitrogens with zero attached hydrogens (tertiary/aromatic N) is 4. The number of piperidine rings is 1. The Morgan fingerprint density at radius 2 is 2.04 bits per heavy atom. The molecule has 8 heteroatoms. The smallest absolute Gasteiger partial charge is 0.263 e. The zero-order valence-corrected chi connectivity index (χ0v) is 13.8. The van der Waals surface area contributed by atoms with Crippen LogP contribution < -0.4 is 10.9 Å². The molecule has 3 heterocycles.